The predicted molar refractivity (Wildman–Crippen MR) is 210 cm³/mol. The number of esters is 1. The average molecular weight is 802 g/mol. The topological polar surface area (TPSA) is 204 Å². The molecule has 2 amide bonds. The van der Waals surface area contributed by atoms with Gasteiger partial charge in [0.1, 0.15) is 18.2 Å². The Balaban J connectivity index is 0.902. The van der Waals surface area contributed by atoms with Gasteiger partial charge in [-0.25, -0.2) is 0 Å². The van der Waals surface area contributed by atoms with Crippen LogP contribution in [0.2, 0.25) is 0 Å². The number of aliphatic hydroxyl groups is 2. The molecule has 8 aliphatic rings. The molecule has 0 aromatic heterocycles. The van der Waals surface area contributed by atoms with Crippen LogP contribution in [0.4, 0.5) is 0 Å². The number of carbonyl (C=O) groups excluding carboxylic acids is 5. The lowest BCUT2D eigenvalue weighted by atomic mass is 9.38. The number of rotatable bonds is 12. The van der Waals surface area contributed by atoms with E-state index in [9.17, 15) is 34.2 Å². The minimum Gasteiger partial charge on any atom is -0.460 e. The fourth-order valence-electron chi connectivity index (χ4n) is 12.9. The van der Waals surface area contributed by atoms with Gasteiger partial charge in [-0.1, -0.05) is 49.8 Å². The minimum absolute atomic E-state index is 0.0167. The Morgan fingerprint density at radius 3 is 2.45 bits per heavy atom. The zero-order valence-corrected chi connectivity index (χ0v) is 34.3. The highest BCUT2D eigenvalue weighted by atomic mass is 16.7. The van der Waals surface area contributed by atoms with Crippen LogP contribution in [-0.2, 0) is 44.6 Å². The summed E-state index contributed by atoms with van der Waals surface area (Å²) in [6.07, 6.45) is 8.92. The first-order chi connectivity index (χ1) is 27.3. The monoisotopic (exact) mass is 801 g/mol. The van der Waals surface area contributed by atoms with Gasteiger partial charge in [-0.3, -0.25) is 24.0 Å². The van der Waals surface area contributed by atoms with Crippen molar-refractivity contribution in [1.82, 2.24) is 10.6 Å². The van der Waals surface area contributed by atoms with Crippen LogP contribution in [0.3, 0.4) is 0 Å². The average Bonchev–Trinajstić information content (AvgIpc) is 3.63. The van der Waals surface area contributed by atoms with E-state index in [2.05, 4.69) is 17.6 Å². The Morgan fingerprint density at radius 2 is 1.79 bits per heavy atom. The van der Waals surface area contributed by atoms with Crippen molar-refractivity contribution in [2.24, 2.45) is 39.7 Å². The maximum atomic E-state index is 13.9. The highest BCUT2D eigenvalue weighted by molar-refractivity contribution is 6.01. The molecule has 9 rings (SSSR count). The molecule has 58 heavy (non-hydrogen) atoms. The maximum absolute atomic E-state index is 13.9. The van der Waals surface area contributed by atoms with E-state index in [0.717, 1.165) is 55.2 Å². The number of fused-ring (bicyclic) bond motifs is 7. The molecule has 0 unspecified atom stereocenters. The summed E-state index contributed by atoms with van der Waals surface area (Å²) in [5, 5.41) is 28.1. The number of hydrogen-bond donors (Lipinski definition) is 5. The molecule has 2 bridgehead atoms. The van der Waals surface area contributed by atoms with E-state index >= 15 is 0 Å². The van der Waals surface area contributed by atoms with Crippen LogP contribution in [0.15, 0.2) is 48.1 Å². The van der Waals surface area contributed by atoms with Crippen LogP contribution < -0.4 is 16.4 Å². The molecule has 7 fully saturated rings. The quantitative estimate of drug-likeness (QED) is 0.194. The van der Waals surface area contributed by atoms with Crippen LogP contribution in [0.1, 0.15) is 110 Å². The van der Waals surface area contributed by atoms with Crippen molar-refractivity contribution in [3.63, 3.8) is 0 Å². The second-order valence-corrected chi connectivity index (χ2v) is 20.0. The predicted octanol–water partition coefficient (Wildman–Crippen LogP) is 3.44. The van der Waals surface area contributed by atoms with Crippen molar-refractivity contribution < 1.29 is 48.4 Å². The number of hydrogen-bond acceptors (Lipinski definition) is 11. The summed E-state index contributed by atoms with van der Waals surface area (Å²) in [5.41, 5.74) is 4.88. The van der Waals surface area contributed by atoms with Crippen LogP contribution in [0.5, 0.6) is 0 Å². The van der Waals surface area contributed by atoms with E-state index in [-0.39, 0.29) is 59.8 Å². The van der Waals surface area contributed by atoms with Crippen molar-refractivity contribution >= 4 is 29.4 Å². The third-order valence-corrected chi connectivity index (χ3v) is 15.0. The molecular formula is C45H59N3O10. The number of amides is 2. The first-order valence-electron chi connectivity index (χ1n) is 21.0. The number of nitrogens with two attached hydrogens (primary N) is 1. The Kier molecular flexibility index (Phi) is 10.0. The smallest absolute Gasteiger partial charge is 0.306 e. The second-order valence-electron chi connectivity index (χ2n) is 20.0. The lowest BCUT2D eigenvalue weighted by Crippen LogP contribution is -2.76. The molecule has 10 atom stereocenters. The Hall–Kier alpha value is -3.75. The van der Waals surface area contributed by atoms with Crippen LogP contribution in [0.25, 0.3) is 0 Å². The number of carbonyl (C=O) groups is 5. The third-order valence-electron chi connectivity index (χ3n) is 15.0. The molecule has 1 heterocycles. The van der Waals surface area contributed by atoms with Gasteiger partial charge in [0.25, 0.3) is 0 Å². The Morgan fingerprint density at radius 1 is 1.09 bits per heavy atom. The largest absolute Gasteiger partial charge is 0.460 e. The number of aliphatic hydroxyl groups excluding tert-OH is 2. The number of ketones is 2. The zero-order valence-electron chi connectivity index (χ0n) is 34.3. The number of allylic oxidation sites excluding steroid dienone is 4. The molecule has 1 saturated heterocycles. The zero-order chi connectivity index (χ0) is 41.6. The maximum Gasteiger partial charge on any atom is 0.306 e. The van der Waals surface area contributed by atoms with Crippen molar-refractivity contribution in [2.45, 2.75) is 140 Å². The normalized spacial score (nSPS) is 39.7. The van der Waals surface area contributed by atoms with Crippen molar-refractivity contribution in [3.8, 4) is 0 Å². The SMILES string of the molecule is CC(C)(C)OC(=O)CC[C@H](NC(=O)CN)C(=O)NC12CC(Cc3ccc([C@@H]4O[C@@H]5C[C@H]6[C@@H]7CCC8=CC(=O)C=C[C@]8(C)[C@H]7[C@@H](O)C[C@]6(C)[C@]5(C(=O)CO)O4)cc3)(C1)C2. The molecule has 1 aliphatic heterocycles. The molecule has 6 saturated carbocycles. The number of benzene rings is 1. The first kappa shape index (κ1) is 41.0. The summed E-state index contributed by atoms with van der Waals surface area (Å²) in [5.74, 6) is -1.69. The number of ether oxygens (including phenoxy) is 3. The number of Topliss-reactive ketones (excluding diaryl/α,β-unsaturated/α-hetero) is 1. The molecule has 13 nitrogen and oxygen atoms in total. The van der Waals surface area contributed by atoms with E-state index in [4.69, 9.17) is 19.9 Å². The van der Waals surface area contributed by atoms with Gasteiger partial charge >= 0.3 is 5.97 Å². The van der Waals surface area contributed by atoms with Gasteiger partial charge in [0.05, 0.1) is 18.8 Å². The van der Waals surface area contributed by atoms with Gasteiger partial charge in [-0.2, -0.15) is 0 Å². The molecule has 6 N–H and O–H groups in total. The molecule has 314 valence electrons. The van der Waals surface area contributed by atoms with Gasteiger partial charge in [0, 0.05) is 34.3 Å². The standard InChI is InChI=1S/C45H59N3O10/c1-40(2,3)57-36(54)13-12-31(47-35(53)20-46)38(55)48-44-22-43(23-44,24-44)18-25-6-8-26(9-7-25)39-56-34-17-30-29-11-10-27-16-28(50)14-15-41(27,4)37(29)32(51)19-42(30,5)45(34,58-39)33(52)21-49/h6-9,14-16,29-32,34,37,39,49,51H,10-13,17-24,46H2,1-5H3,(H,47,53)(H,48,55)/t29-,30-,31-,32-,34+,37+,39+,41-,42-,43?,44?,45+/m0/s1. The van der Waals surface area contributed by atoms with Crippen molar-refractivity contribution in [3.05, 3.63) is 59.2 Å². The number of nitrogens with one attached hydrogen (secondary N) is 2. The lowest BCUT2D eigenvalue weighted by molar-refractivity contribution is -0.201. The van der Waals surface area contributed by atoms with E-state index in [0.29, 0.717) is 12.8 Å². The Labute approximate surface area is 339 Å². The molecule has 7 aliphatic carbocycles. The summed E-state index contributed by atoms with van der Waals surface area (Å²) in [6, 6.07) is 7.13. The highest BCUT2D eigenvalue weighted by Gasteiger charge is 2.76. The summed E-state index contributed by atoms with van der Waals surface area (Å²) in [6.45, 7) is 8.52. The fourth-order valence-corrected chi connectivity index (χ4v) is 12.9. The first-order valence-corrected chi connectivity index (χ1v) is 21.0. The lowest BCUT2D eigenvalue weighted by Gasteiger charge is -2.71. The van der Waals surface area contributed by atoms with Gasteiger partial charge in [0.2, 0.25) is 11.8 Å². The summed E-state index contributed by atoms with van der Waals surface area (Å²) >= 11 is 0. The van der Waals surface area contributed by atoms with E-state index in [1.54, 1.807) is 32.9 Å². The third kappa shape index (κ3) is 6.60. The van der Waals surface area contributed by atoms with E-state index in [1.165, 1.54) is 0 Å². The van der Waals surface area contributed by atoms with E-state index < -0.39 is 70.8 Å². The van der Waals surface area contributed by atoms with Gasteiger partial charge in [0.15, 0.2) is 23.5 Å². The van der Waals surface area contributed by atoms with Crippen molar-refractivity contribution in [1.29, 1.82) is 0 Å². The second kappa shape index (κ2) is 14.2. The Bertz CT molecular complexity index is 1930. The van der Waals surface area contributed by atoms with Crippen LogP contribution in [-0.4, -0.2) is 87.7 Å². The van der Waals surface area contributed by atoms with Gasteiger partial charge in [-0.15, -0.1) is 0 Å². The van der Waals surface area contributed by atoms with Crippen LogP contribution >= 0.6 is 0 Å². The fraction of sp³-hybridized carbons (Fsp3) is 0.667. The summed E-state index contributed by atoms with van der Waals surface area (Å²) < 4.78 is 18.8. The minimum atomic E-state index is -1.41. The highest BCUT2D eigenvalue weighted by Crippen LogP contribution is 2.71. The van der Waals surface area contributed by atoms with E-state index in [1.807, 2.05) is 37.3 Å². The van der Waals surface area contributed by atoms with Gasteiger partial charge < -0.3 is 40.8 Å². The molecule has 1 aromatic carbocycles. The molecule has 0 spiro atoms. The van der Waals surface area contributed by atoms with Crippen LogP contribution in [0, 0.1) is 34.0 Å². The molecule has 13 heteroatoms. The summed E-state index contributed by atoms with van der Waals surface area (Å²) in [7, 11) is 0. The van der Waals surface area contributed by atoms with Gasteiger partial charge in [-0.05, 0) is 114 Å². The molecule has 0 radical (unpaired) electrons. The van der Waals surface area contributed by atoms with Crippen molar-refractivity contribution in [2.75, 3.05) is 13.2 Å². The molecule has 1 aromatic rings. The summed E-state index contributed by atoms with van der Waals surface area (Å²) in [4.78, 5) is 64.0. The molecular weight excluding hydrogens is 743 g/mol.